The molecule has 18 N–H and O–H groups in total. The van der Waals surface area contributed by atoms with Crippen LogP contribution in [0.3, 0.4) is 0 Å². The number of unbranched alkanes of at least 4 members (excludes halogenated alkanes) is 6. The van der Waals surface area contributed by atoms with Gasteiger partial charge in [0.2, 0.25) is 53.2 Å². The zero-order valence-corrected chi connectivity index (χ0v) is 55.2. The molecule has 34 heteroatoms. The van der Waals surface area contributed by atoms with E-state index in [2.05, 4.69) is 47.9 Å². The second-order valence-electron chi connectivity index (χ2n) is 23.3. The van der Waals surface area contributed by atoms with Crippen LogP contribution in [0.5, 0.6) is 0 Å². The first kappa shape index (κ1) is 84.7. The van der Waals surface area contributed by atoms with Crippen LogP contribution in [0, 0.1) is 0 Å². The maximum Gasteiger partial charge on any atom is 0.237 e. The molecule has 34 nitrogen and oxygen atoms in total. The van der Waals surface area contributed by atoms with Gasteiger partial charge in [-0.3, -0.25) is 48.1 Å². The summed E-state index contributed by atoms with van der Waals surface area (Å²) in [6.07, 6.45) is -7.05. The average Bonchev–Trinajstić information content (AvgIpc) is 0.858. The van der Waals surface area contributed by atoms with Crippen molar-refractivity contribution < 1.29 is 118 Å². The molecule has 94 heavy (non-hydrogen) atoms. The predicted octanol–water partition coefficient (Wildman–Crippen LogP) is -5.87. The van der Waals surface area contributed by atoms with Crippen LogP contribution in [0.15, 0.2) is 0 Å². The minimum Gasteiger partial charge on any atom is -0.394 e. The summed E-state index contributed by atoms with van der Waals surface area (Å²) in [5, 5.41) is 114. The van der Waals surface area contributed by atoms with Gasteiger partial charge in [0.1, 0.15) is 60.9 Å². The molecule has 0 radical (unpaired) electrons. The van der Waals surface area contributed by atoms with Crippen LogP contribution in [0.2, 0.25) is 0 Å². The molecule has 0 saturated carbocycles. The molecule has 544 valence electrons. The third-order valence-corrected chi connectivity index (χ3v) is 15.2. The molecule has 2 rings (SSSR count). The van der Waals surface area contributed by atoms with Crippen molar-refractivity contribution in [2.24, 2.45) is 0 Å². The first-order valence-electron chi connectivity index (χ1n) is 32.7. The highest BCUT2D eigenvalue weighted by Crippen LogP contribution is 2.24. The first-order chi connectivity index (χ1) is 44.9. The molecule has 0 aromatic rings. The smallest absolute Gasteiger partial charge is 0.237 e. The molecule has 15 atom stereocenters. The summed E-state index contributed by atoms with van der Waals surface area (Å²) in [4.78, 5) is 115. The van der Waals surface area contributed by atoms with Crippen LogP contribution < -0.4 is 47.9 Å². The molecule has 2 heterocycles. The monoisotopic (exact) mass is 1350 g/mol. The van der Waals surface area contributed by atoms with Crippen molar-refractivity contribution in [2.45, 2.75) is 229 Å². The van der Waals surface area contributed by atoms with Crippen LogP contribution in [-0.4, -0.2) is 294 Å². The Balaban J connectivity index is 1.86. The summed E-state index contributed by atoms with van der Waals surface area (Å²) in [5.74, 6) is -3.37. The minimum atomic E-state index is -1.44. The number of ether oxygens (including phenoxy) is 6. The largest absolute Gasteiger partial charge is 0.394 e. The molecule has 9 amide bonds. The third-order valence-electron chi connectivity index (χ3n) is 15.2. The quantitative estimate of drug-likeness (QED) is 0.0199. The van der Waals surface area contributed by atoms with E-state index in [-0.39, 0.29) is 121 Å². The molecular weight excluding hydrogens is 1240 g/mol. The van der Waals surface area contributed by atoms with Crippen LogP contribution >= 0.6 is 0 Å². The van der Waals surface area contributed by atoms with E-state index >= 15 is 0 Å². The highest BCUT2D eigenvalue weighted by molar-refractivity contribution is 5.86. The van der Waals surface area contributed by atoms with E-state index < -0.39 is 148 Å². The van der Waals surface area contributed by atoms with Crippen molar-refractivity contribution in [3.05, 3.63) is 0 Å². The van der Waals surface area contributed by atoms with E-state index in [4.69, 9.17) is 28.4 Å². The van der Waals surface area contributed by atoms with Crippen LogP contribution in [0.25, 0.3) is 0 Å². The Morgan fingerprint density at radius 2 is 0.883 bits per heavy atom. The second kappa shape index (κ2) is 49.2. The molecule has 2 aliphatic heterocycles. The van der Waals surface area contributed by atoms with Crippen molar-refractivity contribution in [3.63, 3.8) is 0 Å². The molecule has 0 bridgehead atoms. The second-order valence-corrected chi connectivity index (χ2v) is 23.3. The van der Waals surface area contributed by atoms with Gasteiger partial charge in [-0.1, -0.05) is 26.2 Å². The lowest BCUT2D eigenvalue weighted by Gasteiger charge is -2.42. The van der Waals surface area contributed by atoms with E-state index in [1.165, 1.54) is 25.7 Å². The number of hydrogen-bond acceptors (Lipinski definition) is 25. The molecule has 6 unspecified atom stereocenters. The normalized spacial score (nSPS) is 22.8. The standard InChI is InChI=1S/C60H110N10O24/c1-6-41(57(88)66-27-18-24-63-48(81)21-12-9-15-30-91-60-52(69-40(5)77)56(87)54(85)45(36-74)94-60)70(31-49(82)64-25-16-22-61-46(79)19-10-7-13-28-89-58(37(2)67-38(3)75)92-43(34-72)42(78)33-71)32-50(83)65-26-17-23-62-47(80)20-11-8-14-29-90-59-51(68-39(4)76)55(86)53(84)44(35-73)93-59/h37,41-45,51-56,58-60,71-74,78,84-87H,6-36H2,1-5H3,(H,61,79)(H,62,80)(H,63,81)(H,64,82)(H,65,83)(H,66,88)(H,67,75)(H,68,76)(H,69,77)/t37-,41?,42+,43?,44?,45?,51-,52-,53-,54-,55?,56?,58+,59+,60+/m0/s1. The number of hydrogen-bond donors (Lipinski definition) is 18. The number of carbonyl (C=O) groups is 9. The van der Waals surface area contributed by atoms with Crippen molar-refractivity contribution in [1.82, 2.24) is 52.8 Å². The third kappa shape index (κ3) is 34.5. The Bertz CT molecular complexity index is 2220. The number of aliphatic hydroxyl groups is 9. The Labute approximate surface area is 549 Å². The molecule has 0 aliphatic carbocycles. The molecule has 2 saturated heterocycles. The minimum absolute atomic E-state index is 0.144. The van der Waals surface area contributed by atoms with E-state index in [1.807, 2.05) is 0 Å². The maximum atomic E-state index is 13.7. The zero-order valence-electron chi connectivity index (χ0n) is 55.2. The Hall–Kier alpha value is -5.41. The summed E-state index contributed by atoms with van der Waals surface area (Å²) in [6, 6.07) is -3.70. The summed E-state index contributed by atoms with van der Waals surface area (Å²) in [6.45, 7) is 5.74. The molecule has 0 aromatic heterocycles. The van der Waals surface area contributed by atoms with Gasteiger partial charge in [-0.2, -0.15) is 0 Å². The fourth-order valence-electron chi connectivity index (χ4n) is 10.1. The van der Waals surface area contributed by atoms with E-state index in [0.29, 0.717) is 77.0 Å². The van der Waals surface area contributed by atoms with Gasteiger partial charge in [0, 0.05) is 99.1 Å². The molecular formula is C60H110N10O24. The van der Waals surface area contributed by atoms with Gasteiger partial charge in [0.25, 0.3) is 0 Å². The van der Waals surface area contributed by atoms with Gasteiger partial charge in [-0.25, -0.2) is 0 Å². The number of carbonyl (C=O) groups excluding carboxylic acids is 9. The molecule has 0 spiro atoms. The van der Waals surface area contributed by atoms with E-state index in [0.717, 1.165) is 0 Å². The fourth-order valence-corrected chi connectivity index (χ4v) is 10.1. The highest BCUT2D eigenvalue weighted by atomic mass is 16.7. The lowest BCUT2D eigenvalue weighted by molar-refractivity contribution is -0.270. The SMILES string of the molecule is CCC(C(=O)NCCCNC(=O)CCCCCO[C@@H]1OC(CO)[C@H](O)C(O)[C@@H]1NC(C)=O)N(CC(=O)NCCCNC(=O)CCCCCO[C@H](OC(CO)[C@H](O)CO)[C@H](C)NC(C)=O)CC(=O)NCCCNC(=O)CCCCCO[C@@H]1OC(CO)[C@H](O)C(O)[C@@H]1NC(C)=O. The van der Waals surface area contributed by atoms with Crippen LogP contribution in [-0.2, 0) is 71.6 Å². The molecule has 0 aromatic carbocycles. The van der Waals surface area contributed by atoms with E-state index in [1.54, 1.807) is 13.8 Å². The van der Waals surface area contributed by atoms with Crippen LogP contribution in [0.1, 0.15) is 137 Å². The number of aliphatic hydroxyl groups excluding tert-OH is 9. The van der Waals surface area contributed by atoms with Gasteiger partial charge in [-0.15, -0.1) is 0 Å². The van der Waals surface area contributed by atoms with Crippen LogP contribution in [0.4, 0.5) is 0 Å². The molecule has 2 aliphatic rings. The van der Waals surface area contributed by atoms with Gasteiger partial charge >= 0.3 is 0 Å². The van der Waals surface area contributed by atoms with Crippen molar-refractivity contribution >= 4 is 53.2 Å². The zero-order chi connectivity index (χ0) is 70.0. The maximum absolute atomic E-state index is 13.7. The first-order valence-corrected chi connectivity index (χ1v) is 32.7. The van der Waals surface area contributed by atoms with Crippen molar-refractivity contribution in [1.29, 1.82) is 0 Å². The number of nitrogens with one attached hydrogen (secondary N) is 9. The predicted molar refractivity (Wildman–Crippen MR) is 334 cm³/mol. The number of rotatable bonds is 51. The topological polar surface area (TPSA) is 503 Å². The fraction of sp³-hybridized carbons (Fsp3) is 0.850. The Kier molecular flexibility index (Phi) is 44.3. The number of nitrogens with zero attached hydrogens (tertiary/aromatic N) is 1. The Morgan fingerprint density at radius 3 is 1.24 bits per heavy atom. The van der Waals surface area contributed by atoms with Gasteiger partial charge < -0.3 is 122 Å². The summed E-state index contributed by atoms with van der Waals surface area (Å²) >= 11 is 0. The summed E-state index contributed by atoms with van der Waals surface area (Å²) in [5.41, 5.74) is 0. The van der Waals surface area contributed by atoms with Crippen molar-refractivity contribution in [3.8, 4) is 0 Å². The molecule has 2 fully saturated rings. The van der Waals surface area contributed by atoms with Crippen molar-refractivity contribution in [2.75, 3.05) is 98.6 Å². The number of amides is 9. The Morgan fingerprint density at radius 1 is 0.489 bits per heavy atom. The lowest BCUT2D eigenvalue weighted by Crippen LogP contribution is -2.64. The summed E-state index contributed by atoms with van der Waals surface area (Å²) in [7, 11) is 0. The van der Waals surface area contributed by atoms with Gasteiger partial charge in [0.05, 0.1) is 51.6 Å². The van der Waals surface area contributed by atoms with E-state index in [9.17, 15) is 89.1 Å². The van der Waals surface area contributed by atoms with Gasteiger partial charge in [0.15, 0.2) is 18.9 Å². The summed E-state index contributed by atoms with van der Waals surface area (Å²) < 4.78 is 34.0. The average molecular weight is 1360 g/mol. The highest BCUT2D eigenvalue weighted by Gasteiger charge is 2.46. The lowest BCUT2D eigenvalue weighted by atomic mass is 9.97. The van der Waals surface area contributed by atoms with Gasteiger partial charge in [-0.05, 0) is 71.1 Å².